The molecule has 0 saturated heterocycles. The molecule has 0 amide bonds. The Kier molecular flexibility index (Phi) is 3.70. The van der Waals surface area contributed by atoms with Crippen LogP contribution < -0.4 is 5.56 Å². The van der Waals surface area contributed by atoms with Gasteiger partial charge in [-0.15, -0.1) is 0 Å². The standard InChI is InChI=1S/C17H14N2O3/c20-16-14(17(21)22)10-13-11-18-8-6-15(13)19(16)9-7-12-4-2-1-3-5-12/h1-6,8,10-11H,7,9H2,(H,21,22). The number of rotatable bonds is 4. The molecule has 1 aromatic carbocycles. The van der Waals surface area contributed by atoms with E-state index in [-0.39, 0.29) is 5.56 Å². The second-order valence-electron chi connectivity index (χ2n) is 4.99. The third-order valence-corrected chi connectivity index (χ3v) is 3.59. The summed E-state index contributed by atoms with van der Waals surface area (Å²) in [5.41, 5.74) is 1.08. The molecular weight excluding hydrogens is 280 g/mol. The van der Waals surface area contributed by atoms with Gasteiger partial charge in [0.05, 0.1) is 5.52 Å². The number of carboxylic acid groups (broad SMARTS) is 1. The minimum absolute atomic E-state index is 0.228. The Morgan fingerprint density at radius 1 is 1.18 bits per heavy atom. The predicted octanol–water partition coefficient (Wildman–Crippen LogP) is 2.34. The molecule has 2 aromatic heterocycles. The minimum atomic E-state index is -1.22. The Morgan fingerprint density at radius 2 is 1.95 bits per heavy atom. The predicted molar refractivity (Wildman–Crippen MR) is 83.1 cm³/mol. The van der Waals surface area contributed by atoms with Gasteiger partial charge in [-0.1, -0.05) is 30.3 Å². The average Bonchev–Trinajstić information content (AvgIpc) is 2.54. The summed E-state index contributed by atoms with van der Waals surface area (Å²) in [7, 11) is 0. The van der Waals surface area contributed by atoms with Crippen LogP contribution in [0.4, 0.5) is 0 Å². The average molecular weight is 294 g/mol. The van der Waals surface area contributed by atoms with Gasteiger partial charge in [-0.2, -0.15) is 0 Å². The molecule has 0 atom stereocenters. The SMILES string of the molecule is O=C(O)c1cc2cnccc2n(CCc2ccccc2)c1=O. The van der Waals surface area contributed by atoms with Gasteiger partial charge in [-0.3, -0.25) is 9.78 Å². The molecule has 0 aliphatic heterocycles. The Morgan fingerprint density at radius 3 is 2.68 bits per heavy atom. The first kappa shape index (κ1) is 14.0. The smallest absolute Gasteiger partial charge is 0.341 e. The van der Waals surface area contributed by atoms with Crippen LogP contribution in [0, 0.1) is 0 Å². The van der Waals surface area contributed by atoms with Crippen LogP contribution in [-0.2, 0) is 13.0 Å². The number of nitrogens with zero attached hydrogens (tertiary/aromatic N) is 2. The van der Waals surface area contributed by atoms with Crippen LogP contribution in [0.25, 0.3) is 10.9 Å². The summed E-state index contributed by atoms with van der Waals surface area (Å²) in [6.07, 6.45) is 3.82. The molecule has 5 nitrogen and oxygen atoms in total. The van der Waals surface area contributed by atoms with E-state index in [0.717, 1.165) is 5.56 Å². The number of aromatic carboxylic acids is 1. The minimum Gasteiger partial charge on any atom is -0.477 e. The molecule has 3 aromatic rings. The number of fused-ring (bicyclic) bond motifs is 1. The van der Waals surface area contributed by atoms with Crippen LogP contribution in [0.5, 0.6) is 0 Å². The summed E-state index contributed by atoms with van der Waals surface area (Å²) < 4.78 is 1.51. The maximum atomic E-state index is 12.4. The van der Waals surface area contributed by atoms with Crippen molar-refractivity contribution in [1.29, 1.82) is 0 Å². The summed E-state index contributed by atoms with van der Waals surface area (Å²) in [6, 6.07) is 12.9. The van der Waals surface area contributed by atoms with Gasteiger partial charge in [0.25, 0.3) is 5.56 Å². The van der Waals surface area contributed by atoms with Crippen molar-refractivity contribution in [2.24, 2.45) is 0 Å². The van der Waals surface area contributed by atoms with Gasteiger partial charge < -0.3 is 9.67 Å². The Labute approximate surface area is 126 Å². The monoisotopic (exact) mass is 294 g/mol. The molecule has 0 saturated carbocycles. The first-order chi connectivity index (χ1) is 10.7. The van der Waals surface area contributed by atoms with Crippen molar-refractivity contribution in [1.82, 2.24) is 9.55 Å². The fourth-order valence-corrected chi connectivity index (χ4v) is 2.49. The lowest BCUT2D eigenvalue weighted by Gasteiger charge is -2.11. The van der Waals surface area contributed by atoms with Crippen molar-refractivity contribution < 1.29 is 9.90 Å². The third kappa shape index (κ3) is 2.61. The fourth-order valence-electron chi connectivity index (χ4n) is 2.49. The van der Waals surface area contributed by atoms with Crippen LogP contribution in [0.1, 0.15) is 15.9 Å². The number of benzene rings is 1. The zero-order valence-electron chi connectivity index (χ0n) is 11.8. The molecule has 0 aliphatic rings. The molecule has 0 unspecified atom stereocenters. The normalized spacial score (nSPS) is 10.7. The van der Waals surface area contributed by atoms with Crippen LogP contribution in [0.15, 0.2) is 59.7 Å². The Balaban J connectivity index is 2.08. The van der Waals surface area contributed by atoms with Crippen LogP contribution in [-0.4, -0.2) is 20.6 Å². The maximum Gasteiger partial charge on any atom is 0.341 e. The molecule has 0 radical (unpaired) electrons. The molecule has 0 bridgehead atoms. The number of aryl methyl sites for hydroxylation is 2. The Hall–Kier alpha value is -2.95. The lowest BCUT2D eigenvalue weighted by atomic mass is 10.1. The summed E-state index contributed by atoms with van der Waals surface area (Å²) in [6.45, 7) is 0.421. The zero-order valence-corrected chi connectivity index (χ0v) is 11.8. The second kappa shape index (κ2) is 5.81. The topological polar surface area (TPSA) is 72.2 Å². The van der Waals surface area contributed by atoms with E-state index >= 15 is 0 Å². The van der Waals surface area contributed by atoms with Gasteiger partial charge >= 0.3 is 5.97 Å². The van der Waals surface area contributed by atoms with Gasteiger partial charge in [0.15, 0.2) is 0 Å². The Bertz CT molecular complexity index is 885. The van der Waals surface area contributed by atoms with Crippen LogP contribution in [0.3, 0.4) is 0 Å². The van der Waals surface area contributed by atoms with Crippen molar-refractivity contribution in [3.8, 4) is 0 Å². The number of aromatic nitrogens is 2. The molecule has 1 N–H and O–H groups in total. The van der Waals surface area contributed by atoms with Gasteiger partial charge in [0, 0.05) is 24.3 Å². The highest BCUT2D eigenvalue weighted by Crippen LogP contribution is 2.13. The van der Waals surface area contributed by atoms with E-state index in [1.807, 2.05) is 30.3 Å². The lowest BCUT2D eigenvalue weighted by molar-refractivity contribution is 0.0694. The van der Waals surface area contributed by atoms with Gasteiger partial charge in [-0.25, -0.2) is 4.79 Å². The molecule has 110 valence electrons. The van der Waals surface area contributed by atoms with E-state index in [2.05, 4.69) is 4.98 Å². The largest absolute Gasteiger partial charge is 0.477 e. The molecule has 0 fully saturated rings. The number of hydrogen-bond donors (Lipinski definition) is 1. The molecule has 5 heteroatoms. The number of pyridine rings is 2. The molecule has 3 rings (SSSR count). The van der Waals surface area contributed by atoms with E-state index in [4.69, 9.17) is 0 Å². The first-order valence-electron chi connectivity index (χ1n) is 6.91. The fraction of sp³-hybridized carbons (Fsp3) is 0.118. The molecular formula is C17H14N2O3. The number of hydrogen-bond acceptors (Lipinski definition) is 3. The van der Waals surface area contributed by atoms with E-state index in [0.29, 0.717) is 23.9 Å². The summed E-state index contributed by atoms with van der Waals surface area (Å²) >= 11 is 0. The maximum absolute atomic E-state index is 12.4. The van der Waals surface area contributed by atoms with Crippen molar-refractivity contribution in [3.05, 3.63) is 76.3 Å². The summed E-state index contributed by atoms with van der Waals surface area (Å²) in [5, 5.41) is 9.85. The van der Waals surface area contributed by atoms with Crippen LogP contribution >= 0.6 is 0 Å². The molecule has 0 aliphatic carbocycles. The quantitative estimate of drug-likeness (QED) is 0.801. The van der Waals surface area contributed by atoms with E-state index < -0.39 is 11.5 Å². The molecule has 2 heterocycles. The van der Waals surface area contributed by atoms with Gasteiger partial charge in [-0.05, 0) is 24.1 Å². The van der Waals surface area contributed by atoms with Crippen LogP contribution in [0.2, 0.25) is 0 Å². The summed E-state index contributed by atoms with van der Waals surface area (Å²) in [4.78, 5) is 27.7. The van der Waals surface area contributed by atoms with E-state index in [1.54, 1.807) is 18.5 Å². The van der Waals surface area contributed by atoms with Crippen molar-refractivity contribution in [2.45, 2.75) is 13.0 Å². The van der Waals surface area contributed by atoms with Gasteiger partial charge in [0.2, 0.25) is 0 Å². The van der Waals surface area contributed by atoms with E-state index in [1.165, 1.54) is 10.6 Å². The zero-order chi connectivity index (χ0) is 15.5. The van der Waals surface area contributed by atoms with Crippen molar-refractivity contribution in [2.75, 3.05) is 0 Å². The summed E-state index contributed by atoms with van der Waals surface area (Å²) in [5.74, 6) is -1.22. The highest BCUT2D eigenvalue weighted by molar-refractivity contribution is 5.92. The highest BCUT2D eigenvalue weighted by atomic mass is 16.4. The lowest BCUT2D eigenvalue weighted by Crippen LogP contribution is -2.27. The number of carbonyl (C=O) groups is 1. The van der Waals surface area contributed by atoms with Gasteiger partial charge in [0.1, 0.15) is 5.56 Å². The highest BCUT2D eigenvalue weighted by Gasteiger charge is 2.14. The van der Waals surface area contributed by atoms with E-state index in [9.17, 15) is 14.7 Å². The number of carboxylic acids is 1. The second-order valence-corrected chi connectivity index (χ2v) is 4.99. The first-order valence-corrected chi connectivity index (χ1v) is 6.91. The molecule has 0 spiro atoms. The molecule has 22 heavy (non-hydrogen) atoms. The third-order valence-electron chi connectivity index (χ3n) is 3.59. The van der Waals surface area contributed by atoms with Crippen molar-refractivity contribution >= 4 is 16.9 Å². The van der Waals surface area contributed by atoms with Crippen molar-refractivity contribution in [3.63, 3.8) is 0 Å².